The summed E-state index contributed by atoms with van der Waals surface area (Å²) in [6, 6.07) is 9.14. The summed E-state index contributed by atoms with van der Waals surface area (Å²) in [6.07, 6.45) is -4.56. The number of carbonyl (C=O) groups excluding carboxylic acids is 1. The second-order valence-corrected chi connectivity index (χ2v) is 5.09. The second-order valence-electron chi connectivity index (χ2n) is 4.16. The first-order valence-corrected chi connectivity index (χ1v) is 6.57. The van der Waals surface area contributed by atoms with Crippen molar-refractivity contribution in [2.75, 3.05) is 5.32 Å². The summed E-state index contributed by atoms with van der Waals surface area (Å²) in [4.78, 5) is 12.5. The van der Waals surface area contributed by atoms with Crippen molar-refractivity contribution in [1.82, 2.24) is 0 Å². The molecule has 110 valence electrons. The molecule has 0 aliphatic carbocycles. The average molecular weight is 332 g/mol. The van der Waals surface area contributed by atoms with E-state index >= 15 is 0 Å². The number of alkyl halides is 3. The maximum Gasteiger partial charge on any atom is 0.418 e. The summed E-state index contributed by atoms with van der Waals surface area (Å²) in [5.74, 6) is -0.729. The van der Waals surface area contributed by atoms with Crippen molar-refractivity contribution in [2.24, 2.45) is 0 Å². The van der Waals surface area contributed by atoms with Gasteiger partial charge in [0, 0.05) is 4.90 Å². The lowest BCUT2D eigenvalue weighted by Gasteiger charge is -2.14. The molecule has 0 spiro atoms. The number of thiol groups is 1. The van der Waals surface area contributed by atoms with Crippen LogP contribution in [-0.2, 0) is 6.18 Å². The number of para-hydroxylation sites is 1. The molecule has 0 bridgehead atoms. The minimum Gasteiger partial charge on any atom is -0.321 e. The highest BCUT2D eigenvalue weighted by atomic mass is 35.5. The molecule has 0 aliphatic heterocycles. The number of hydrogen-bond donors (Lipinski definition) is 2. The van der Waals surface area contributed by atoms with Crippen LogP contribution in [0, 0.1) is 0 Å². The highest BCUT2D eigenvalue weighted by molar-refractivity contribution is 7.80. The van der Waals surface area contributed by atoms with Gasteiger partial charge in [0.05, 0.1) is 21.8 Å². The zero-order chi connectivity index (χ0) is 15.6. The van der Waals surface area contributed by atoms with Crippen molar-refractivity contribution in [2.45, 2.75) is 11.1 Å². The first kappa shape index (κ1) is 15.7. The van der Waals surface area contributed by atoms with Gasteiger partial charge in [-0.3, -0.25) is 4.79 Å². The summed E-state index contributed by atoms with van der Waals surface area (Å²) < 4.78 is 38.6. The van der Waals surface area contributed by atoms with E-state index < -0.39 is 17.6 Å². The molecule has 2 nitrogen and oxygen atoms in total. The Balaban J connectivity index is 2.35. The normalized spacial score (nSPS) is 11.3. The Morgan fingerprint density at radius 3 is 2.48 bits per heavy atom. The molecule has 0 radical (unpaired) electrons. The van der Waals surface area contributed by atoms with Gasteiger partial charge in [0.15, 0.2) is 0 Å². The van der Waals surface area contributed by atoms with Crippen molar-refractivity contribution in [3.8, 4) is 0 Å². The van der Waals surface area contributed by atoms with Crippen LogP contribution < -0.4 is 5.32 Å². The largest absolute Gasteiger partial charge is 0.418 e. The van der Waals surface area contributed by atoms with Crippen molar-refractivity contribution in [3.05, 3.63) is 58.6 Å². The summed E-state index contributed by atoms with van der Waals surface area (Å²) in [5, 5.41) is 2.36. The maximum absolute atomic E-state index is 12.9. The van der Waals surface area contributed by atoms with Gasteiger partial charge in [-0.15, -0.1) is 12.6 Å². The molecule has 2 aromatic rings. The molecule has 2 aromatic carbocycles. The van der Waals surface area contributed by atoms with Gasteiger partial charge < -0.3 is 5.32 Å². The molecule has 1 N–H and O–H groups in total. The molecule has 0 heterocycles. The molecule has 2 rings (SSSR count). The summed E-state index contributed by atoms with van der Waals surface area (Å²) in [7, 11) is 0. The van der Waals surface area contributed by atoms with Crippen molar-refractivity contribution >= 4 is 35.8 Å². The topological polar surface area (TPSA) is 29.1 Å². The van der Waals surface area contributed by atoms with Crippen molar-refractivity contribution in [1.29, 1.82) is 0 Å². The van der Waals surface area contributed by atoms with Gasteiger partial charge in [-0.2, -0.15) is 13.2 Å². The fourth-order valence-electron chi connectivity index (χ4n) is 1.72. The molecule has 0 fully saturated rings. The number of carbonyl (C=O) groups is 1. The minimum absolute atomic E-state index is 0.0566. The zero-order valence-corrected chi connectivity index (χ0v) is 12.1. The van der Waals surface area contributed by atoms with Gasteiger partial charge in [-0.05, 0) is 30.3 Å². The molecule has 0 aliphatic rings. The van der Waals surface area contributed by atoms with Crippen LogP contribution in [0.5, 0.6) is 0 Å². The number of anilines is 1. The van der Waals surface area contributed by atoms with Crippen LogP contribution in [-0.4, -0.2) is 5.91 Å². The highest BCUT2D eigenvalue weighted by Gasteiger charge is 2.33. The molecule has 0 saturated heterocycles. The molecule has 21 heavy (non-hydrogen) atoms. The summed E-state index contributed by atoms with van der Waals surface area (Å²) >= 11 is 9.94. The van der Waals surface area contributed by atoms with Crippen LogP contribution in [0.4, 0.5) is 18.9 Å². The third-order valence-electron chi connectivity index (χ3n) is 2.68. The predicted molar refractivity (Wildman–Crippen MR) is 78.1 cm³/mol. The first-order chi connectivity index (χ1) is 9.79. The molecular weight excluding hydrogens is 323 g/mol. The zero-order valence-electron chi connectivity index (χ0n) is 10.4. The van der Waals surface area contributed by atoms with Gasteiger partial charge in [0.2, 0.25) is 0 Å². The summed E-state index contributed by atoms with van der Waals surface area (Å²) in [6.45, 7) is 0. The predicted octanol–water partition coefficient (Wildman–Crippen LogP) is 4.90. The minimum atomic E-state index is -4.56. The van der Waals surface area contributed by atoms with E-state index in [0.717, 1.165) is 6.07 Å². The Bertz CT molecular complexity index is 688. The van der Waals surface area contributed by atoms with Gasteiger partial charge in [-0.25, -0.2) is 0 Å². The van der Waals surface area contributed by atoms with E-state index in [9.17, 15) is 18.0 Å². The van der Waals surface area contributed by atoms with Crippen LogP contribution in [0.15, 0.2) is 47.4 Å². The van der Waals surface area contributed by atoms with Crippen LogP contribution in [0.25, 0.3) is 0 Å². The maximum atomic E-state index is 12.9. The second kappa shape index (κ2) is 5.99. The standard InChI is InChI=1S/C14H9ClF3NOS/c15-11-6-5-8(21)7-9(11)13(20)19-12-4-2-1-3-10(12)14(16,17)18/h1-7,21H,(H,19,20). The third-order valence-corrected chi connectivity index (χ3v) is 3.28. The Kier molecular flexibility index (Phi) is 4.49. The lowest BCUT2D eigenvalue weighted by molar-refractivity contribution is -0.136. The molecule has 1 amide bonds. The monoisotopic (exact) mass is 331 g/mol. The van der Waals surface area contributed by atoms with Crippen LogP contribution >= 0.6 is 24.2 Å². The smallest absolute Gasteiger partial charge is 0.321 e. The number of rotatable bonds is 2. The van der Waals surface area contributed by atoms with Crippen molar-refractivity contribution < 1.29 is 18.0 Å². The quantitative estimate of drug-likeness (QED) is 0.753. The lowest BCUT2D eigenvalue weighted by atomic mass is 10.1. The van der Waals surface area contributed by atoms with E-state index in [1.165, 1.54) is 30.3 Å². The van der Waals surface area contributed by atoms with E-state index in [4.69, 9.17) is 11.6 Å². The summed E-state index contributed by atoms with van der Waals surface area (Å²) in [5.41, 5.74) is -1.19. The third kappa shape index (κ3) is 3.71. The fourth-order valence-corrected chi connectivity index (χ4v) is 2.12. The van der Waals surface area contributed by atoms with Gasteiger partial charge in [0.1, 0.15) is 0 Å². The van der Waals surface area contributed by atoms with E-state index in [-0.39, 0.29) is 16.3 Å². The number of halogens is 4. The van der Waals surface area contributed by atoms with Crippen LogP contribution in [0.2, 0.25) is 5.02 Å². The van der Waals surface area contributed by atoms with Gasteiger partial charge >= 0.3 is 6.18 Å². The molecular formula is C14H9ClF3NOS. The average Bonchev–Trinajstić information content (AvgIpc) is 2.41. The Hall–Kier alpha value is -1.66. The highest BCUT2D eigenvalue weighted by Crippen LogP contribution is 2.35. The van der Waals surface area contributed by atoms with Crippen LogP contribution in [0.1, 0.15) is 15.9 Å². The molecule has 0 saturated carbocycles. The van der Waals surface area contributed by atoms with E-state index in [2.05, 4.69) is 17.9 Å². The number of benzene rings is 2. The van der Waals surface area contributed by atoms with Crippen LogP contribution in [0.3, 0.4) is 0 Å². The number of hydrogen-bond acceptors (Lipinski definition) is 2. The lowest BCUT2D eigenvalue weighted by Crippen LogP contribution is -2.17. The molecule has 0 aromatic heterocycles. The SMILES string of the molecule is O=C(Nc1ccccc1C(F)(F)F)c1cc(S)ccc1Cl. The van der Waals surface area contributed by atoms with E-state index in [1.807, 2.05) is 0 Å². The first-order valence-electron chi connectivity index (χ1n) is 5.75. The van der Waals surface area contributed by atoms with Gasteiger partial charge in [-0.1, -0.05) is 23.7 Å². The van der Waals surface area contributed by atoms with E-state index in [0.29, 0.717) is 4.90 Å². The Labute approximate surface area is 129 Å². The van der Waals surface area contributed by atoms with Crippen molar-refractivity contribution in [3.63, 3.8) is 0 Å². The molecule has 7 heteroatoms. The fraction of sp³-hybridized carbons (Fsp3) is 0.0714. The van der Waals surface area contributed by atoms with Gasteiger partial charge in [0.25, 0.3) is 5.91 Å². The Morgan fingerprint density at radius 1 is 1.14 bits per heavy atom. The number of amides is 1. The number of nitrogens with one attached hydrogen (secondary N) is 1. The van der Waals surface area contributed by atoms with E-state index in [1.54, 1.807) is 6.07 Å². The molecule has 0 atom stereocenters. The Morgan fingerprint density at radius 2 is 1.81 bits per heavy atom. The molecule has 0 unspecified atom stereocenters.